The Morgan fingerprint density at radius 2 is 2.47 bits per heavy atom. The second-order valence-corrected chi connectivity index (χ2v) is 3.33. The largest absolute Gasteiger partial charge is 0.486 e. The number of benzene rings is 1. The number of hydrogen-bond acceptors (Lipinski definition) is 5. The van der Waals surface area contributed by atoms with Gasteiger partial charge in [-0.3, -0.25) is 10.1 Å². The summed E-state index contributed by atoms with van der Waals surface area (Å²) in [5, 5.41) is 14.1. The Morgan fingerprint density at radius 3 is 3.18 bits per heavy atom. The van der Waals surface area contributed by atoms with Gasteiger partial charge in [-0.1, -0.05) is 11.2 Å². The summed E-state index contributed by atoms with van der Waals surface area (Å²) >= 11 is 0. The van der Waals surface area contributed by atoms with Gasteiger partial charge in [0.25, 0.3) is 0 Å². The molecule has 0 aliphatic carbocycles. The Morgan fingerprint density at radius 1 is 1.65 bits per heavy atom. The minimum absolute atomic E-state index is 0.0714. The molecule has 0 bridgehead atoms. The van der Waals surface area contributed by atoms with Crippen molar-refractivity contribution in [2.24, 2.45) is 5.11 Å². The van der Waals surface area contributed by atoms with Crippen LogP contribution < -0.4 is 9.47 Å². The molecule has 1 heterocycles. The molecule has 0 saturated heterocycles. The topological polar surface area (TPSA) is 110 Å². The molecule has 0 aromatic heterocycles. The lowest BCUT2D eigenvalue weighted by molar-refractivity contribution is -0.386. The predicted octanol–water partition coefficient (Wildman–Crippen LogP) is 2.04. The summed E-state index contributed by atoms with van der Waals surface area (Å²) in [6.45, 7) is 0.273. The van der Waals surface area contributed by atoms with E-state index in [1.165, 1.54) is 12.1 Å². The van der Waals surface area contributed by atoms with Gasteiger partial charge < -0.3 is 9.47 Å². The molecule has 0 spiro atoms. The third-order valence-corrected chi connectivity index (χ3v) is 2.21. The Kier molecular flexibility index (Phi) is 2.97. The second-order valence-electron chi connectivity index (χ2n) is 3.33. The minimum Gasteiger partial charge on any atom is -0.486 e. The predicted molar refractivity (Wildman–Crippen MR) is 57.0 cm³/mol. The normalized spacial score (nSPS) is 17.1. The van der Waals surface area contributed by atoms with Crippen molar-refractivity contribution in [1.29, 1.82) is 0 Å². The molecular weight excluding hydrogens is 228 g/mol. The van der Waals surface area contributed by atoms with Crippen LogP contribution in [0.3, 0.4) is 0 Å². The fraction of sp³-hybridized carbons (Fsp3) is 0.333. The highest BCUT2D eigenvalue weighted by Crippen LogP contribution is 2.39. The SMILES string of the molecule is [N-]=[N+]=NCC1COc2cccc([N+](=O)[O-])c2O1. The number of fused-ring (bicyclic) bond motifs is 1. The number of azide groups is 1. The monoisotopic (exact) mass is 236 g/mol. The highest BCUT2D eigenvalue weighted by atomic mass is 16.6. The van der Waals surface area contributed by atoms with Crippen LogP contribution in [0.5, 0.6) is 11.5 Å². The van der Waals surface area contributed by atoms with Crippen LogP contribution in [0.25, 0.3) is 10.4 Å². The van der Waals surface area contributed by atoms with Gasteiger partial charge >= 0.3 is 5.69 Å². The number of ether oxygens (including phenoxy) is 2. The van der Waals surface area contributed by atoms with Crippen molar-refractivity contribution in [2.45, 2.75) is 6.10 Å². The molecule has 1 aliphatic rings. The summed E-state index contributed by atoms with van der Waals surface area (Å²) in [6.07, 6.45) is -0.500. The first kappa shape index (κ1) is 11.0. The maximum absolute atomic E-state index is 10.8. The molecule has 0 radical (unpaired) electrons. The Balaban J connectivity index is 2.28. The van der Waals surface area contributed by atoms with E-state index in [1.807, 2.05) is 0 Å². The quantitative estimate of drug-likeness (QED) is 0.263. The van der Waals surface area contributed by atoms with Crippen LogP contribution >= 0.6 is 0 Å². The summed E-state index contributed by atoms with van der Waals surface area (Å²) in [5.74, 6) is 0.415. The average Bonchev–Trinajstić information content (AvgIpc) is 2.35. The van der Waals surface area contributed by atoms with Crippen molar-refractivity contribution >= 4 is 5.69 Å². The van der Waals surface area contributed by atoms with Crippen molar-refractivity contribution < 1.29 is 14.4 Å². The van der Waals surface area contributed by atoms with E-state index in [4.69, 9.17) is 15.0 Å². The summed E-state index contributed by atoms with van der Waals surface area (Å²) in [6, 6.07) is 4.44. The zero-order valence-electron chi connectivity index (χ0n) is 8.65. The molecule has 8 heteroatoms. The maximum atomic E-state index is 10.8. The van der Waals surface area contributed by atoms with Gasteiger partial charge in [-0.2, -0.15) is 0 Å². The van der Waals surface area contributed by atoms with E-state index in [2.05, 4.69) is 10.0 Å². The third-order valence-electron chi connectivity index (χ3n) is 2.21. The van der Waals surface area contributed by atoms with Gasteiger partial charge in [-0.05, 0) is 11.6 Å². The highest BCUT2D eigenvalue weighted by molar-refractivity contribution is 5.56. The Bertz CT molecular complexity index is 498. The van der Waals surface area contributed by atoms with E-state index in [-0.39, 0.29) is 24.6 Å². The molecule has 1 aliphatic heterocycles. The number of nitro groups is 1. The molecule has 1 unspecified atom stereocenters. The van der Waals surface area contributed by atoms with Crippen molar-refractivity contribution in [3.05, 3.63) is 38.8 Å². The first-order valence-electron chi connectivity index (χ1n) is 4.80. The standard InChI is InChI=1S/C9H8N4O4/c10-12-11-4-6-5-16-8-3-1-2-7(13(14)15)9(8)17-6/h1-3,6H,4-5H2. The van der Waals surface area contributed by atoms with Crippen LogP contribution in [-0.4, -0.2) is 24.2 Å². The van der Waals surface area contributed by atoms with Crippen LogP contribution in [0.1, 0.15) is 0 Å². The van der Waals surface area contributed by atoms with Crippen molar-refractivity contribution in [2.75, 3.05) is 13.2 Å². The molecule has 1 aromatic carbocycles. The van der Waals surface area contributed by atoms with Crippen LogP contribution in [0.4, 0.5) is 5.69 Å². The smallest absolute Gasteiger partial charge is 0.314 e. The summed E-state index contributed by atoms with van der Waals surface area (Å²) in [7, 11) is 0. The fourth-order valence-electron chi connectivity index (χ4n) is 1.48. The van der Waals surface area contributed by atoms with Crippen LogP contribution in [0.15, 0.2) is 23.3 Å². The lowest BCUT2D eigenvalue weighted by Crippen LogP contribution is -2.31. The number of nitrogens with zero attached hydrogens (tertiary/aromatic N) is 4. The number of hydrogen-bond donors (Lipinski definition) is 0. The van der Waals surface area contributed by atoms with Gasteiger partial charge in [0, 0.05) is 11.0 Å². The first-order valence-corrected chi connectivity index (χ1v) is 4.80. The van der Waals surface area contributed by atoms with Gasteiger partial charge in [0.2, 0.25) is 5.75 Å². The van der Waals surface area contributed by atoms with E-state index in [1.54, 1.807) is 6.07 Å². The lowest BCUT2D eigenvalue weighted by Gasteiger charge is -2.24. The molecule has 0 amide bonds. The first-order chi connectivity index (χ1) is 8.22. The highest BCUT2D eigenvalue weighted by Gasteiger charge is 2.28. The van der Waals surface area contributed by atoms with Gasteiger partial charge in [0.15, 0.2) is 5.75 Å². The van der Waals surface area contributed by atoms with Gasteiger partial charge in [-0.15, -0.1) is 0 Å². The fourth-order valence-corrected chi connectivity index (χ4v) is 1.48. The zero-order chi connectivity index (χ0) is 12.3. The summed E-state index contributed by atoms with van der Waals surface area (Å²) < 4.78 is 10.7. The third kappa shape index (κ3) is 2.21. The van der Waals surface area contributed by atoms with E-state index < -0.39 is 11.0 Å². The molecule has 1 aromatic rings. The van der Waals surface area contributed by atoms with Crippen LogP contribution in [-0.2, 0) is 0 Å². The van der Waals surface area contributed by atoms with Gasteiger partial charge in [0.05, 0.1) is 11.5 Å². The molecule has 0 fully saturated rings. The van der Waals surface area contributed by atoms with Crippen LogP contribution in [0, 0.1) is 10.1 Å². The number of rotatable bonds is 3. The van der Waals surface area contributed by atoms with Crippen molar-refractivity contribution in [3.8, 4) is 11.5 Å². The van der Waals surface area contributed by atoms with E-state index >= 15 is 0 Å². The zero-order valence-corrected chi connectivity index (χ0v) is 8.65. The van der Waals surface area contributed by atoms with Crippen molar-refractivity contribution in [3.63, 3.8) is 0 Å². The summed E-state index contributed by atoms with van der Waals surface area (Å²) in [4.78, 5) is 12.8. The Labute approximate surface area is 95.5 Å². The summed E-state index contributed by atoms with van der Waals surface area (Å²) in [5.41, 5.74) is 8.03. The van der Waals surface area contributed by atoms with E-state index in [0.29, 0.717) is 5.75 Å². The van der Waals surface area contributed by atoms with Gasteiger partial charge in [-0.25, -0.2) is 0 Å². The Hall–Kier alpha value is -2.47. The second kappa shape index (κ2) is 4.58. The van der Waals surface area contributed by atoms with Crippen LogP contribution in [0.2, 0.25) is 0 Å². The molecule has 1 atom stereocenters. The average molecular weight is 236 g/mol. The molecule has 2 rings (SSSR count). The molecule has 17 heavy (non-hydrogen) atoms. The number of para-hydroxylation sites is 1. The molecule has 0 saturated carbocycles. The lowest BCUT2D eigenvalue weighted by atomic mass is 10.2. The van der Waals surface area contributed by atoms with E-state index in [9.17, 15) is 10.1 Å². The minimum atomic E-state index is -0.544. The van der Waals surface area contributed by atoms with Gasteiger partial charge in [0.1, 0.15) is 12.7 Å². The van der Waals surface area contributed by atoms with E-state index in [0.717, 1.165) is 0 Å². The number of nitro benzene ring substituents is 1. The molecule has 0 N–H and O–H groups in total. The molecular formula is C9H8N4O4. The molecule has 88 valence electrons. The van der Waals surface area contributed by atoms with Crippen molar-refractivity contribution in [1.82, 2.24) is 0 Å². The molecule has 8 nitrogen and oxygen atoms in total. The maximum Gasteiger partial charge on any atom is 0.314 e.